The van der Waals surface area contributed by atoms with Crippen molar-refractivity contribution in [3.63, 3.8) is 0 Å². The Morgan fingerprint density at radius 1 is 0.976 bits per heavy atom. The van der Waals surface area contributed by atoms with Gasteiger partial charge in [-0.05, 0) is 55.0 Å². The molecule has 5 rings (SSSR count). The zero-order chi connectivity index (χ0) is 28.8. The van der Waals surface area contributed by atoms with Crippen LogP contribution in [0.4, 0.5) is 4.39 Å². The number of nitrogens with one attached hydrogen (secondary N) is 1. The number of nitrogens with zero attached hydrogens (tertiary/aromatic N) is 4. The number of morpholine rings is 1. The molecule has 3 heterocycles. The Kier molecular flexibility index (Phi) is 9.48. The van der Waals surface area contributed by atoms with Gasteiger partial charge in [0, 0.05) is 70.0 Å². The van der Waals surface area contributed by atoms with E-state index in [2.05, 4.69) is 10.2 Å². The second kappa shape index (κ2) is 13.4. The molecule has 10 nitrogen and oxygen atoms in total. The molecule has 41 heavy (non-hydrogen) atoms. The summed E-state index contributed by atoms with van der Waals surface area (Å²) in [7, 11) is 1.58. The average Bonchev–Trinajstić information content (AvgIpc) is 3.47. The summed E-state index contributed by atoms with van der Waals surface area (Å²) in [5.74, 6) is -0.399. The van der Waals surface area contributed by atoms with Gasteiger partial charge in [0.25, 0.3) is 11.8 Å². The van der Waals surface area contributed by atoms with Crippen LogP contribution in [0.3, 0.4) is 0 Å². The molecule has 2 aromatic carbocycles. The summed E-state index contributed by atoms with van der Waals surface area (Å²) in [6.45, 7) is 6.69. The highest BCUT2D eigenvalue weighted by molar-refractivity contribution is 5.99. The van der Waals surface area contributed by atoms with E-state index < -0.39 is 11.9 Å². The summed E-state index contributed by atoms with van der Waals surface area (Å²) < 4.78 is 24.4. The first-order chi connectivity index (χ1) is 19.9. The Morgan fingerprint density at radius 3 is 2.29 bits per heavy atom. The van der Waals surface area contributed by atoms with Crippen molar-refractivity contribution in [2.45, 2.75) is 18.5 Å². The van der Waals surface area contributed by atoms with Crippen molar-refractivity contribution in [3.05, 3.63) is 65.5 Å². The average molecular weight is 568 g/mol. The van der Waals surface area contributed by atoms with Gasteiger partial charge in [0.2, 0.25) is 5.91 Å². The number of likely N-dealkylation sites (tertiary alicyclic amines) is 1. The molecule has 0 spiro atoms. The molecule has 2 aromatic rings. The van der Waals surface area contributed by atoms with E-state index in [1.807, 2.05) is 4.90 Å². The van der Waals surface area contributed by atoms with Gasteiger partial charge in [-0.15, -0.1) is 0 Å². The van der Waals surface area contributed by atoms with Crippen LogP contribution in [0.1, 0.15) is 27.1 Å². The molecule has 220 valence electrons. The molecular weight excluding hydrogens is 529 g/mol. The summed E-state index contributed by atoms with van der Waals surface area (Å²) >= 11 is 0. The Hall–Kier alpha value is -3.54. The number of hydrogen-bond donors (Lipinski definition) is 1. The zero-order valence-corrected chi connectivity index (χ0v) is 23.5. The van der Waals surface area contributed by atoms with Crippen molar-refractivity contribution in [1.29, 1.82) is 0 Å². The molecule has 0 aliphatic carbocycles. The van der Waals surface area contributed by atoms with Crippen molar-refractivity contribution in [3.8, 4) is 5.75 Å². The summed E-state index contributed by atoms with van der Waals surface area (Å²) in [6.07, 6.45) is 0.334. The SMILES string of the molecule is COc1ccc(C(=O)N(CCN2CCOCC2)C2CC(C(=O)N3CCNCC3)N(C(=O)c3ccc(F)cc3)C2)cc1. The Labute approximate surface area is 240 Å². The number of piperazine rings is 1. The minimum absolute atomic E-state index is 0.116. The van der Waals surface area contributed by atoms with E-state index >= 15 is 0 Å². The molecule has 11 heteroatoms. The van der Waals surface area contributed by atoms with E-state index in [0.717, 1.165) is 13.1 Å². The molecule has 2 atom stereocenters. The summed E-state index contributed by atoms with van der Waals surface area (Å²) in [5.41, 5.74) is 0.826. The van der Waals surface area contributed by atoms with Gasteiger partial charge in [-0.25, -0.2) is 4.39 Å². The zero-order valence-electron chi connectivity index (χ0n) is 23.5. The van der Waals surface area contributed by atoms with Crippen LogP contribution < -0.4 is 10.1 Å². The van der Waals surface area contributed by atoms with Crippen molar-refractivity contribution in [2.24, 2.45) is 0 Å². The lowest BCUT2D eigenvalue weighted by Gasteiger charge is -2.33. The quantitative estimate of drug-likeness (QED) is 0.514. The number of methoxy groups -OCH3 is 1. The van der Waals surface area contributed by atoms with Crippen LogP contribution in [0.5, 0.6) is 5.75 Å². The fraction of sp³-hybridized carbons (Fsp3) is 0.500. The third-order valence-electron chi connectivity index (χ3n) is 8.14. The monoisotopic (exact) mass is 567 g/mol. The predicted octanol–water partition coefficient (Wildman–Crippen LogP) is 1.32. The number of halogens is 1. The van der Waals surface area contributed by atoms with Crippen molar-refractivity contribution >= 4 is 17.7 Å². The fourth-order valence-corrected chi connectivity index (χ4v) is 5.78. The number of rotatable bonds is 8. The maximum atomic E-state index is 14.0. The summed E-state index contributed by atoms with van der Waals surface area (Å²) in [6, 6.07) is 11.3. The molecule has 0 saturated carbocycles. The van der Waals surface area contributed by atoms with Gasteiger partial charge in [-0.3, -0.25) is 19.3 Å². The summed E-state index contributed by atoms with van der Waals surface area (Å²) in [5, 5.41) is 3.26. The van der Waals surface area contributed by atoms with E-state index in [1.54, 1.807) is 41.2 Å². The van der Waals surface area contributed by atoms with Crippen LogP contribution in [-0.4, -0.2) is 129 Å². The van der Waals surface area contributed by atoms with Crippen LogP contribution in [0.25, 0.3) is 0 Å². The molecule has 0 bridgehead atoms. The van der Waals surface area contributed by atoms with Gasteiger partial charge in [0.1, 0.15) is 17.6 Å². The molecule has 3 aliphatic rings. The Balaban J connectivity index is 1.42. The maximum Gasteiger partial charge on any atom is 0.254 e. The van der Waals surface area contributed by atoms with Crippen molar-refractivity contribution in [1.82, 2.24) is 24.9 Å². The molecule has 3 amide bonds. The second-order valence-electron chi connectivity index (χ2n) is 10.6. The topological polar surface area (TPSA) is 94.7 Å². The van der Waals surface area contributed by atoms with E-state index in [9.17, 15) is 18.8 Å². The van der Waals surface area contributed by atoms with E-state index in [1.165, 1.54) is 24.3 Å². The van der Waals surface area contributed by atoms with Crippen LogP contribution in [0.15, 0.2) is 48.5 Å². The van der Waals surface area contributed by atoms with Gasteiger partial charge in [0.15, 0.2) is 0 Å². The van der Waals surface area contributed by atoms with Gasteiger partial charge >= 0.3 is 0 Å². The number of amides is 3. The van der Waals surface area contributed by atoms with Crippen LogP contribution >= 0.6 is 0 Å². The summed E-state index contributed by atoms with van der Waals surface area (Å²) in [4.78, 5) is 48.9. The molecule has 0 radical (unpaired) electrons. The Morgan fingerprint density at radius 2 is 1.63 bits per heavy atom. The lowest BCUT2D eigenvalue weighted by Crippen LogP contribution is -2.53. The maximum absolute atomic E-state index is 14.0. The highest BCUT2D eigenvalue weighted by Gasteiger charge is 2.45. The lowest BCUT2D eigenvalue weighted by atomic mass is 10.1. The molecule has 0 aromatic heterocycles. The largest absolute Gasteiger partial charge is 0.497 e. The lowest BCUT2D eigenvalue weighted by molar-refractivity contribution is -0.135. The third kappa shape index (κ3) is 6.86. The second-order valence-corrected chi connectivity index (χ2v) is 10.6. The minimum atomic E-state index is -0.717. The smallest absolute Gasteiger partial charge is 0.254 e. The van der Waals surface area contributed by atoms with E-state index in [-0.39, 0.29) is 30.3 Å². The van der Waals surface area contributed by atoms with Crippen LogP contribution in [0, 0.1) is 5.82 Å². The fourth-order valence-electron chi connectivity index (χ4n) is 5.78. The number of carbonyl (C=O) groups excluding carboxylic acids is 3. The Bertz CT molecular complexity index is 1200. The number of carbonyl (C=O) groups is 3. The molecule has 3 aliphatic heterocycles. The highest BCUT2D eigenvalue weighted by Crippen LogP contribution is 2.28. The van der Waals surface area contributed by atoms with E-state index in [0.29, 0.717) is 75.8 Å². The molecule has 3 fully saturated rings. The number of ether oxygens (including phenoxy) is 2. The predicted molar refractivity (Wildman–Crippen MR) is 150 cm³/mol. The van der Waals surface area contributed by atoms with Crippen LogP contribution in [0.2, 0.25) is 0 Å². The van der Waals surface area contributed by atoms with Gasteiger partial charge in [-0.2, -0.15) is 0 Å². The third-order valence-corrected chi connectivity index (χ3v) is 8.14. The van der Waals surface area contributed by atoms with E-state index in [4.69, 9.17) is 9.47 Å². The van der Waals surface area contributed by atoms with Crippen molar-refractivity contribution in [2.75, 3.05) is 79.2 Å². The number of benzene rings is 2. The van der Waals surface area contributed by atoms with Gasteiger partial charge in [0.05, 0.1) is 26.4 Å². The van der Waals surface area contributed by atoms with Crippen LogP contribution in [-0.2, 0) is 9.53 Å². The standard InChI is InChI=1S/C30H38FN5O5/c1-40-26-8-4-23(5-9-26)28(37)35(15-14-33-16-18-41-19-17-33)25-20-27(30(39)34-12-10-32-11-13-34)36(21-25)29(38)22-2-6-24(31)7-3-22/h2-9,25,27,32H,10-21H2,1H3. The number of hydrogen-bond acceptors (Lipinski definition) is 7. The first-order valence-corrected chi connectivity index (χ1v) is 14.3. The first-order valence-electron chi connectivity index (χ1n) is 14.3. The molecule has 3 saturated heterocycles. The normalized spacial score (nSPS) is 21.5. The molecule has 2 unspecified atom stereocenters. The highest BCUT2D eigenvalue weighted by atomic mass is 19.1. The first kappa shape index (κ1) is 29.0. The van der Waals surface area contributed by atoms with Gasteiger partial charge < -0.3 is 29.5 Å². The van der Waals surface area contributed by atoms with Gasteiger partial charge in [-0.1, -0.05) is 0 Å². The molecular formula is C30H38FN5O5. The van der Waals surface area contributed by atoms with Crippen molar-refractivity contribution < 1.29 is 28.2 Å². The minimum Gasteiger partial charge on any atom is -0.497 e. The molecule has 1 N–H and O–H groups in total.